The predicted molar refractivity (Wildman–Crippen MR) is 85.9 cm³/mol. The van der Waals surface area contributed by atoms with E-state index in [0.717, 1.165) is 12.2 Å². The Kier molecular flexibility index (Phi) is 5.75. The van der Waals surface area contributed by atoms with Gasteiger partial charge in [-0.15, -0.1) is 0 Å². The minimum Gasteiger partial charge on any atom is -0.503 e. The lowest BCUT2D eigenvalue weighted by Gasteiger charge is -2.20. The van der Waals surface area contributed by atoms with Crippen LogP contribution in [0.25, 0.3) is 0 Å². The number of hydrogen-bond acceptors (Lipinski definition) is 4. The van der Waals surface area contributed by atoms with E-state index in [-0.39, 0.29) is 11.2 Å². The highest BCUT2D eigenvalue weighted by Crippen LogP contribution is 2.10. The van der Waals surface area contributed by atoms with Crippen molar-refractivity contribution in [2.24, 2.45) is 0 Å². The van der Waals surface area contributed by atoms with Gasteiger partial charge in [0.15, 0.2) is 5.75 Å². The van der Waals surface area contributed by atoms with Gasteiger partial charge in [-0.25, -0.2) is 0 Å². The van der Waals surface area contributed by atoms with E-state index < -0.39 is 0 Å². The highest BCUT2D eigenvalue weighted by atomic mass is 16.5. The Labute approximate surface area is 130 Å². The second-order valence-electron chi connectivity index (χ2n) is 5.36. The molecular formula is C17H22N2O3. The van der Waals surface area contributed by atoms with E-state index in [1.54, 1.807) is 7.11 Å². The smallest absolute Gasteiger partial charge is 0.223 e. The van der Waals surface area contributed by atoms with Crippen molar-refractivity contribution in [3.63, 3.8) is 0 Å². The summed E-state index contributed by atoms with van der Waals surface area (Å²) in [7, 11) is 3.63. The summed E-state index contributed by atoms with van der Waals surface area (Å²) >= 11 is 0. The number of pyridine rings is 1. The molecule has 0 aliphatic carbocycles. The van der Waals surface area contributed by atoms with Gasteiger partial charge in [0, 0.05) is 38.5 Å². The molecule has 0 saturated carbocycles. The molecule has 22 heavy (non-hydrogen) atoms. The predicted octanol–water partition coefficient (Wildman–Crippen LogP) is 1.83. The number of aromatic nitrogens is 1. The van der Waals surface area contributed by atoms with Gasteiger partial charge in [-0.1, -0.05) is 30.3 Å². The Bertz CT molecular complexity index is 653. The molecule has 0 aliphatic rings. The summed E-state index contributed by atoms with van der Waals surface area (Å²) < 4.78 is 6.94. The fraction of sp³-hybridized carbons (Fsp3) is 0.353. The molecule has 0 aliphatic heterocycles. The maximum absolute atomic E-state index is 11.7. The molecule has 2 aromatic rings. The molecule has 5 nitrogen and oxygen atoms in total. The quantitative estimate of drug-likeness (QED) is 0.848. The van der Waals surface area contributed by atoms with Crippen LogP contribution >= 0.6 is 0 Å². The number of rotatable bonds is 7. The van der Waals surface area contributed by atoms with E-state index in [1.807, 2.05) is 29.8 Å². The minimum atomic E-state index is -0.350. The van der Waals surface area contributed by atoms with Gasteiger partial charge in [0.25, 0.3) is 0 Å². The lowest BCUT2D eigenvalue weighted by atomic mass is 10.2. The largest absolute Gasteiger partial charge is 0.503 e. The summed E-state index contributed by atoms with van der Waals surface area (Å²) in [4.78, 5) is 13.8. The van der Waals surface area contributed by atoms with Crippen molar-refractivity contribution in [1.29, 1.82) is 0 Å². The van der Waals surface area contributed by atoms with Crippen LogP contribution < -0.4 is 5.43 Å². The van der Waals surface area contributed by atoms with E-state index in [0.29, 0.717) is 19.7 Å². The summed E-state index contributed by atoms with van der Waals surface area (Å²) in [5.41, 5.74) is 1.73. The molecule has 0 atom stereocenters. The molecule has 118 valence electrons. The van der Waals surface area contributed by atoms with Crippen molar-refractivity contribution in [3.05, 3.63) is 64.1 Å². The molecule has 1 aromatic heterocycles. The fourth-order valence-electron chi connectivity index (χ4n) is 2.36. The summed E-state index contributed by atoms with van der Waals surface area (Å²) in [6.45, 7) is 2.53. The SMILES string of the molecule is COCCn1cc(O)c(=O)cc1CN(C)Cc1ccccc1. The van der Waals surface area contributed by atoms with Crippen LogP contribution in [0.4, 0.5) is 0 Å². The van der Waals surface area contributed by atoms with Crippen molar-refractivity contribution in [3.8, 4) is 5.75 Å². The molecule has 0 spiro atoms. The van der Waals surface area contributed by atoms with E-state index in [9.17, 15) is 9.90 Å². The number of nitrogens with zero attached hydrogens (tertiary/aromatic N) is 2. The van der Waals surface area contributed by atoms with Crippen LogP contribution in [0.3, 0.4) is 0 Å². The average Bonchev–Trinajstić information content (AvgIpc) is 2.50. The van der Waals surface area contributed by atoms with E-state index in [1.165, 1.54) is 17.8 Å². The van der Waals surface area contributed by atoms with E-state index >= 15 is 0 Å². The van der Waals surface area contributed by atoms with Gasteiger partial charge in [-0.2, -0.15) is 0 Å². The highest BCUT2D eigenvalue weighted by Gasteiger charge is 2.09. The maximum Gasteiger partial charge on any atom is 0.223 e. The standard InChI is InChI=1S/C17H22N2O3/c1-18(11-14-6-4-3-5-7-14)12-15-10-16(20)17(21)13-19(15)8-9-22-2/h3-7,10,13,21H,8-9,11-12H2,1-2H3. The molecule has 0 fully saturated rings. The second-order valence-corrected chi connectivity index (χ2v) is 5.36. The zero-order valence-corrected chi connectivity index (χ0v) is 13.0. The van der Waals surface area contributed by atoms with Crippen molar-refractivity contribution >= 4 is 0 Å². The Morgan fingerprint density at radius 3 is 2.64 bits per heavy atom. The fourth-order valence-corrected chi connectivity index (χ4v) is 2.36. The maximum atomic E-state index is 11.7. The van der Waals surface area contributed by atoms with Gasteiger partial charge in [0.05, 0.1) is 12.8 Å². The Morgan fingerprint density at radius 2 is 1.95 bits per heavy atom. The third kappa shape index (κ3) is 4.44. The van der Waals surface area contributed by atoms with Crippen LogP contribution in [-0.4, -0.2) is 35.3 Å². The van der Waals surface area contributed by atoms with Crippen LogP contribution in [-0.2, 0) is 24.4 Å². The van der Waals surface area contributed by atoms with Gasteiger partial charge in [0.2, 0.25) is 5.43 Å². The van der Waals surface area contributed by atoms with Crippen molar-refractivity contribution < 1.29 is 9.84 Å². The summed E-state index contributed by atoms with van der Waals surface area (Å²) in [6.07, 6.45) is 1.48. The number of aromatic hydroxyl groups is 1. The first-order chi connectivity index (χ1) is 10.6. The van der Waals surface area contributed by atoms with Crippen LogP contribution in [0, 0.1) is 0 Å². The number of ether oxygens (including phenoxy) is 1. The van der Waals surface area contributed by atoms with Crippen molar-refractivity contribution in [1.82, 2.24) is 9.47 Å². The molecule has 5 heteroatoms. The van der Waals surface area contributed by atoms with Crippen LogP contribution in [0.15, 0.2) is 47.4 Å². The Balaban J connectivity index is 2.13. The topological polar surface area (TPSA) is 54.7 Å². The Morgan fingerprint density at radius 1 is 1.23 bits per heavy atom. The van der Waals surface area contributed by atoms with E-state index in [4.69, 9.17) is 4.74 Å². The zero-order chi connectivity index (χ0) is 15.9. The first-order valence-corrected chi connectivity index (χ1v) is 7.24. The molecule has 1 aromatic carbocycles. The van der Waals surface area contributed by atoms with Gasteiger partial charge in [-0.05, 0) is 12.6 Å². The van der Waals surface area contributed by atoms with Crippen molar-refractivity contribution in [2.45, 2.75) is 19.6 Å². The molecule has 2 rings (SSSR count). The molecule has 1 heterocycles. The summed E-state index contributed by atoms with van der Waals surface area (Å²) in [5.74, 6) is -0.231. The highest BCUT2D eigenvalue weighted by molar-refractivity contribution is 5.21. The first kappa shape index (κ1) is 16.3. The minimum absolute atomic E-state index is 0.231. The monoisotopic (exact) mass is 302 g/mol. The lowest BCUT2D eigenvalue weighted by molar-refractivity contribution is 0.184. The molecule has 1 N–H and O–H groups in total. The first-order valence-electron chi connectivity index (χ1n) is 7.24. The molecule has 0 saturated heterocycles. The van der Waals surface area contributed by atoms with Gasteiger partial charge < -0.3 is 14.4 Å². The molecule has 0 bridgehead atoms. The molecular weight excluding hydrogens is 280 g/mol. The van der Waals surface area contributed by atoms with Gasteiger partial charge in [-0.3, -0.25) is 9.69 Å². The van der Waals surface area contributed by atoms with Gasteiger partial charge >= 0.3 is 0 Å². The van der Waals surface area contributed by atoms with Crippen LogP contribution in [0.2, 0.25) is 0 Å². The second kappa shape index (κ2) is 7.77. The number of benzene rings is 1. The third-order valence-corrected chi connectivity index (χ3v) is 3.46. The van der Waals surface area contributed by atoms with Crippen LogP contribution in [0.5, 0.6) is 5.75 Å². The Hall–Kier alpha value is -2.11. The lowest BCUT2D eigenvalue weighted by Crippen LogP contribution is -2.23. The van der Waals surface area contributed by atoms with Crippen LogP contribution in [0.1, 0.15) is 11.3 Å². The van der Waals surface area contributed by atoms with E-state index in [2.05, 4.69) is 17.0 Å². The molecule has 0 amide bonds. The van der Waals surface area contributed by atoms with Gasteiger partial charge in [0.1, 0.15) is 0 Å². The number of methoxy groups -OCH3 is 1. The van der Waals surface area contributed by atoms with Crippen molar-refractivity contribution in [2.75, 3.05) is 20.8 Å². The third-order valence-electron chi connectivity index (χ3n) is 3.46. The molecule has 0 radical (unpaired) electrons. The zero-order valence-electron chi connectivity index (χ0n) is 13.0. The molecule has 0 unspecified atom stereocenters. The number of hydrogen-bond donors (Lipinski definition) is 1. The summed E-state index contributed by atoms with van der Waals surface area (Å²) in [5, 5.41) is 9.61. The average molecular weight is 302 g/mol. The normalized spacial score (nSPS) is 11.0. The summed E-state index contributed by atoms with van der Waals surface area (Å²) in [6, 6.07) is 11.7.